The van der Waals surface area contributed by atoms with E-state index in [0.29, 0.717) is 22.8 Å². The Balaban J connectivity index is 1.46. The summed E-state index contributed by atoms with van der Waals surface area (Å²) in [5.74, 6) is 0.230. The topological polar surface area (TPSA) is 118 Å². The van der Waals surface area contributed by atoms with Gasteiger partial charge in [-0.15, -0.1) is 0 Å². The normalized spacial score (nSPS) is 15.1. The van der Waals surface area contributed by atoms with E-state index in [4.69, 9.17) is 14.2 Å². The summed E-state index contributed by atoms with van der Waals surface area (Å²) in [6.45, 7) is -0.237. The summed E-state index contributed by atoms with van der Waals surface area (Å²) < 4.78 is 16.0. The van der Waals surface area contributed by atoms with E-state index in [1.54, 1.807) is 42.5 Å². The first-order chi connectivity index (χ1) is 13.6. The maximum Gasteiger partial charge on any atom is 0.265 e. The third-order valence-electron chi connectivity index (χ3n) is 3.87. The van der Waals surface area contributed by atoms with E-state index in [0.717, 1.165) is 0 Å². The Morgan fingerprint density at radius 2 is 2.04 bits per heavy atom. The molecule has 1 atom stereocenters. The molecule has 1 aliphatic heterocycles. The standard InChI is InChI=1S/C19H19N3O6/c1-26-15-8-4-5-12(18(15)24)9-21-22-17(23)10-20-19(25)16-11-27-13-6-2-3-7-14(13)28-16/h2-9,16,24H,10-11H2,1H3,(H,20,25)(H,22,23)/b21-9-/t16-/m0/s1. The third-order valence-corrected chi connectivity index (χ3v) is 3.87. The van der Waals surface area contributed by atoms with Gasteiger partial charge in [0.05, 0.1) is 19.9 Å². The number of hydrogen-bond donors (Lipinski definition) is 3. The zero-order valence-corrected chi connectivity index (χ0v) is 15.0. The molecule has 2 aromatic rings. The van der Waals surface area contributed by atoms with Gasteiger partial charge in [-0.3, -0.25) is 9.59 Å². The highest BCUT2D eigenvalue weighted by Crippen LogP contribution is 2.31. The van der Waals surface area contributed by atoms with Gasteiger partial charge in [-0.1, -0.05) is 18.2 Å². The molecule has 0 saturated carbocycles. The van der Waals surface area contributed by atoms with Crippen molar-refractivity contribution in [2.24, 2.45) is 5.10 Å². The minimum Gasteiger partial charge on any atom is -0.504 e. The predicted octanol–water partition coefficient (Wildman–Crippen LogP) is 0.807. The molecule has 3 rings (SSSR count). The van der Waals surface area contributed by atoms with Gasteiger partial charge in [-0.25, -0.2) is 5.43 Å². The maximum absolute atomic E-state index is 12.1. The number of hydrogen-bond acceptors (Lipinski definition) is 7. The van der Waals surface area contributed by atoms with Crippen molar-refractivity contribution in [3.63, 3.8) is 0 Å². The van der Waals surface area contributed by atoms with Crippen LogP contribution in [0.25, 0.3) is 0 Å². The molecule has 0 fully saturated rings. The lowest BCUT2D eigenvalue weighted by Gasteiger charge is -2.25. The number of hydrazone groups is 1. The van der Waals surface area contributed by atoms with Crippen LogP contribution >= 0.6 is 0 Å². The second-order valence-electron chi connectivity index (χ2n) is 5.77. The molecule has 3 N–H and O–H groups in total. The molecular weight excluding hydrogens is 366 g/mol. The molecule has 9 nitrogen and oxygen atoms in total. The SMILES string of the molecule is COc1cccc(/C=N\NC(=O)CNC(=O)[C@@H]2COc3ccccc3O2)c1O. The molecule has 1 heterocycles. The first-order valence-corrected chi connectivity index (χ1v) is 8.42. The number of amides is 2. The van der Waals surface area contributed by atoms with E-state index in [-0.39, 0.29) is 18.9 Å². The lowest BCUT2D eigenvalue weighted by Crippen LogP contribution is -2.46. The molecular formula is C19H19N3O6. The molecule has 0 saturated heterocycles. The Hall–Kier alpha value is -3.75. The lowest BCUT2D eigenvalue weighted by molar-refractivity contribution is -0.132. The molecule has 0 aromatic heterocycles. The van der Waals surface area contributed by atoms with E-state index in [1.165, 1.54) is 13.3 Å². The Labute approximate surface area is 160 Å². The van der Waals surface area contributed by atoms with Crippen molar-refractivity contribution < 1.29 is 28.9 Å². The van der Waals surface area contributed by atoms with Crippen molar-refractivity contribution in [2.75, 3.05) is 20.3 Å². The number of phenols is 1. The average Bonchev–Trinajstić information content (AvgIpc) is 2.73. The van der Waals surface area contributed by atoms with Crippen LogP contribution in [0.2, 0.25) is 0 Å². The predicted molar refractivity (Wildman–Crippen MR) is 99.8 cm³/mol. The minimum atomic E-state index is -0.847. The van der Waals surface area contributed by atoms with Crippen molar-refractivity contribution in [2.45, 2.75) is 6.10 Å². The van der Waals surface area contributed by atoms with Crippen LogP contribution in [0.5, 0.6) is 23.0 Å². The molecule has 0 bridgehead atoms. The quantitative estimate of drug-likeness (QED) is 0.500. The summed E-state index contributed by atoms with van der Waals surface area (Å²) in [4.78, 5) is 24.0. The Kier molecular flexibility index (Phi) is 5.95. The number of para-hydroxylation sites is 3. The number of carbonyl (C=O) groups excluding carboxylic acids is 2. The van der Waals surface area contributed by atoms with Crippen LogP contribution in [0.15, 0.2) is 47.6 Å². The van der Waals surface area contributed by atoms with E-state index in [2.05, 4.69) is 15.8 Å². The molecule has 0 aliphatic carbocycles. The third kappa shape index (κ3) is 4.50. The van der Waals surface area contributed by atoms with Gasteiger partial charge >= 0.3 is 0 Å². The number of ether oxygens (including phenoxy) is 3. The number of methoxy groups -OCH3 is 1. The van der Waals surface area contributed by atoms with Gasteiger partial charge in [0.1, 0.15) is 6.61 Å². The van der Waals surface area contributed by atoms with Gasteiger partial charge in [0.2, 0.25) is 6.10 Å². The van der Waals surface area contributed by atoms with Crippen LogP contribution in [0, 0.1) is 0 Å². The Morgan fingerprint density at radius 3 is 2.82 bits per heavy atom. The molecule has 28 heavy (non-hydrogen) atoms. The largest absolute Gasteiger partial charge is 0.504 e. The van der Waals surface area contributed by atoms with Crippen LogP contribution in [0.4, 0.5) is 0 Å². The molecule has 0 unspecified atom stereocenters. The molecule has 0 spiro atoms. The van der Waals surface area contributed by atoms with Crippen LogP contribution in [-0.4, -0.2) is 49.5 Å². The highest BCUT2D eigenvalue weighted by molar-refractivity contribution is 5.89. The van der Waals surface area contributed by atoms with E-state index in [9.17, 15) is 14.7 Å². The zero-order chi connectivity index (χ0) is 19.9. The number of fused-ring (bicyclic) bond motifs is 1. The fourth-order valence-electron chi connectivity index (χ4n) is 2.45. The Morgan fingerprint density at radius 1 is 1.25 bits per heavy atom. The molecule has 1 aliphatic rings. The van der Waals surface area contributed by atoms with Gasteiger partial charge in [-0.2, -0.15) is 5.10 Å². The van der Waals surface area contributed by atoms with Crippen molar-refractivity contribution in [1.29, 1.82) is 0 Å². The fourth-order valence-corrected chi connectivity index (χ4v) is 2.45. The van der Waals surface area contributed by atoms with E-state index >= 15 is 0 Å². The molecule has 9 heteroatoms. The molecule has 2 amide bonds. The summed E-state index contributed by atoms with van der Waals surface area (Å²) in [5.41, 5.74) is 2.63. The van der Waals surface area contributed by atoms with Crippen LogP contribution in [-0.2, 0) is 9.59 Å². The minimum absolute atomic E-state index is 0.0533. The second-order valence-corrected chi connectivity index (χ2v) is 5.77. The number of phenolic OH excluding ortho intramolecular Hbond substituents is 1. The van der Waals surface area contributed by atoms with Crippen molar-refractivity contribution >= 4 is 18.0 Å². The first kappa shape index (κ1) is 19.0. The fraction of sp³-hybridized carbons (Fsp3) is 0.211. The zero-order valence-electron chi connectivity index (χ0n) is 15.0. The van der Waals surface area contributed by atoms with Crippen molar-refractivity contribution in [1.82, 2.24) is 10.7 Å². The first-order valence-electron chi connectivity index (χ1n) is 8.42. The summed E-state index contributed by atoms with van der Waals surface area (Å²) >= 11 is 0. The Bertz CT molecular complexity index is 899. The highest BCUT2D eigenvalue weighted by Gasteiger charge is 2.27. The number of nitrogens with zero attached hydrogens (tertiary/aromatic N) is 1. The molecule has 2 aromatic carbocycles. The van der Waals surface area contributed by atoms with Crippen molar-refractivity contribution in [3.8, 4) is 23.0 Å². The van der Waals surface area contributed by atoms with Gasteiger partial charge in [0, 0.05) is 5.56 Å². The van der Waals surface area contributed by atoms with Gasteiger partial charge in [0.15, 0.2) is 23.0 Å². The van der Waals surface area contributed by atoms with Gasteiger partial charge < -0.3 is 24.6 Å². The van der Waals surface area contributed by atoms with E-state index in [1.807, 2.05) is 0 Å². The smallest absolute Gasteiger partial charge is 0.265 e. The molecule has 146 valence electrons. The number of aromatic hydroxyl groups is 1. The maximum atomic E-state index is 12.1. The van der Waals surface area contributed by atoms with E-state index < -0.39 is 17.9 Å². The average molecular weight is 385 g/mol. The monoisotopic (exact) mass is 385 g/mol. The number of nitrogens with one attached hydrogen (secondary N) is 2. The number of carbonyl (C=O) groups is 2. The summed E-state index contributed by atoms with van der Waals surface area (Å²) in [7, 11) is 1.43. The number of rotatable bonds is 6. The van der Waals surface area contributed by atoms with Crippen LogP contribution < -0.4 is 25.0 Å². The van der Waals surface area contributed by atoms with Crippen molar-refractivity contribution in [3.05, 3.63) is 48.0 Å². The van der Waals surface area contributed by atoms with Gasteiger partial charge in [0.25, 0.3) is 11.8 Å². The van der Waals surface area contributed by atoms with Gasteiger partial charge in [-0.05, 0) is 24.3 Å². The molecule has 0 radical (unpaired) electrons. The summed E-state index contributed by atoms with van der Waals surface area (Å²) in [6, 6.07) is 11.9. The number of benzene rings is 2. The second kappa shape index (κ2) is 8.76. The lowest BCUT2D eigenvalue weighted by atomic mass is 10.2. The van der Waals surface area contributed by atoms with Crippen LogP contribution in [0.1, 0.15) is 5.56 Å². The summed E-state index contributed by atoms with van der Waals surface area (Å²) in [5, 5.41) is 16.1. The summed E-state index contributed by atoms with van der Waals surface area (Å²) in [6.07, 6.45) is 0.423. The highest BCUT2D eigenvalue weighted by atomic mass is 16.6. The van der Waals surface area contributed by atoms with Crippen LogP contribution in [0.3, 0.4) is 0 Å².